The largest absolute Gasteiger partial charge is 0.438 e. The maximum Gasteiger partial charge on any atom is 0.292 e. The molecule has 6 heteroatoms. The Kier molecular flexibility index (Phi) is 3.96. The van der Waals surface area contributed by atoms with E-state index >= 15 is 0 Å². The van der Waals surface area contributed by atoms with Crippen LogP contribution in [0.1, 0.15) is 41.9 Å². The minimum Gasteiger partial charge on any atom is -0.438 e. The lowest BCUT2D eigenvalue weighted by molar-refractivity contribution is 0.0681. The van der Waals surface area contributed by atoms with Crippen LogP contribution in [0.4, 0.5) is 0 Å². The van der Waals surface area contributed by atoms with Gasteiger partial charge in [0.15, 0.2) is 6.39 Å². The average molecular weight is 267 g/mol. The highest BCUT2D eigenvalue weighted by Gasteiger charge is 2.30. The number of aryl methyl sites for hydroxylation is 1. The molecule has 2 N–H and O–H groups in total. The number of hydrogen-bond donors (Lipinski definition) is 1. The van der Waals surface area contributed by atoms with Gasteiger partial charge in [-0.15, -0.1) is 0 Å². The Morgan fingerprint density at radius 2 is 2.28 bits per heavy atom. The highest BCUT2D eigenvalue weighted by atomic mass is 32.1. The number of thiocarbonyl (C=S) groups is 1. The molecule has 5 nitrogen and oxygen atoms in total. The van der Waals surface area contributed by atoms with E-state index in [9.17, 15) is 4.79 Å². The molecule has 0 aliphatic heterocycles. The summed E-state index contributed by atoms with van der Waals surface area (Å²) < 4.78 is 5.16. The number of oxazole rings is 1. The lowest BCUT2D eigenvalue weighted by Crippen LogP contribution is -2.43. The van der Waals surface area contributed by atoms with Gasteiger partial charge in [0, 0.05) is 6.04 Å². The first-order valence-electron chi connectivity index (χ1n) is 6.09. The van der Waals surface area contributed by atoms with E-state index < -0.39 is 0 Å². The summed E-state index contributed by atoms with van der Waals surface area (Å²) in [7, 11) is 0. The minimum absolute atomic E-state index is 0.162. The van der Waals surface area contributed by atoms with Crippen molar-refractivity contribution in [1.82, 2.24) is 9.88 Å². The number of nitrogens with zero attached hydrogens (tertiary/aromatic N) is 2. The van der Waals surface area contributed by atoms with E-state index in [0.717, 1.165) is 25.7 Å². The van der Waals surface area contributed by atoms with E-state index in [1.807, 2.05) is 0 Å². The summed E-state index contributed by atoms with van der Waals surface area (Å²) in [6.07, 6.45) is 5.57. The van der Waals surface area contributed by atoms with Crippen LogP contribution in [0.2, 0.25) is 0 Å². The number of amides is 1. The predicted molar refractivity (Wildman–Crippen MR) is 71.3 cm³/mol. The van der Waals surface area contributed by atoms with Crippen LogP contribution in [0, 0.1) is 6.92 Å². The molecule has 2 rings (SSSR count). The van der Waals surface area contributed by atoms with Crippen LogP contribution in [0.3, 0.4) is 0 Å². The van der Waals surface area contributed by atoms with Gasteiger partial charge in [-0.05, 0) is 19.8 Å². The molecule has 0 saturated heterocycles. The number of carbonyl (C=O) groups excluding carboxylic acids is 1. The highest BCUT2D eigenvalue weighted by Crippen LogP contribution is 2.25. The molecule has 1 saturated carbocycles. The van der Waals surface area contributed by atoms with E-state index in [4.69, 9.17) is 22.4 Å². The van der Waals surface area contributed by atoms with Crippen LogP contribution < -0.4 is 5.73 Å². The van der Waals surface area contributed by atoms with Crippen molar-refractivity contribution in [2.45, 2.75) is 38.6 Å². The van der Waals surface area contributed by atoms with E-state index in [1.165, 1.54) is 6.39 Å². The van der Waals surface area contributed by atoms with E-state index in [2.05, 4.69) is 4.98 Å². The molecule has 1 amide bonds. The summed E-state index contributed by atoms with van der Waals surface area (Å²) in [6, 6.07) is 0.212. The molecule has 1 aliphatic rings. The molecule has 1 aliphatic carbocycles. The van der Waals surface area contributed by atoms with Gasteiger partial charge in [-0.25, -0.2) is 4.98 Å². The minimum atomic E-state index is -0.162. The average Bonchev–Trinajstić information content (AvgIpc) is 2.95. The van der Waals surface area contributed by atoms with Crippen molar-refractivity contribution in [2.75, 3.05) is 6.54 Å². The summed E-state index contributed by atoms with van der Waals surface area (Å²) in [6.45, 7) is 2.06. The van der Waals surface area contributed by atoms with Crippen molar-refractivity contribution in [2.24, 2.45) is 5.73 Å². The van der Waals surface area contributed by atoms with E-state index in [0.29, 0.717) is 17.2 Å². The molecule has 0 unspecified atom stereocenters. The second kappa shape index (κ2) is 5.48. The quantitative estimate of drug-likeness (QED) is 0.840. The monoisotopic (exact) mass is 267 g/mol. The molecule has 0 radical (unpaired) electrons. The number of hydrogen-bond acceptors (Lipinski definition) is 4. The Labute approximate surface area is 111 Å². The molecule has 98 valence electrons. The predicted octanol–water partition coefficient (Wildman–Crippen LogP) is 1.65. The van der Waals surface area contributed by atoms with Gasteiger partial charge in [0.2, 0.25) is 5.76 Å². The zero-order valence-electron chi connectivity index (χ0n) is 10.4. The lowest BCUT2D eigenvalue weighted by Gasteiger charge is -2.27. The van der Waals surface area contributed by atoms with E-state index in [1.54, 1.807) is 11.8 Å². The van der Waals surface area contributed by atoms with Crippen LogP contribution in [-0.4, -0.2) is 33.4 Å². The standard InChI is InChI=1S/C12H17N3O2S/c1-8-11(17-7-14-8)12(16)15(6-10(13)18)9-4-2-3-5-9/h7,9H,2-6H2,1H3,(H2,13,18). The molecule has 0 bridgehead atoms. The van der Waals surface area contributed by atoms with Crippen molar-refractivity contribution in [3.05, 3.63) is 17.8 Å². The summed E-state index contributed by atoms with van der Waals surface area (Å²) in [4.78, 5) is 18.4. The number of carbonyl (C=O) groups is 1. The molecule has 1 heterocycles. The molecular formula is C12H17N3O2S. The van der Waals surface area contributed by atoms with Crippen LogP contribution >= 0.6 is 12.2 Å². The Balaban J connectivity index is 2.20. The normalized spacial score (nSPS) is 15.8. The van der Waals surface area contributed by atoms with Gasteiger partial charge < -0.3 is 15.1 Å². The Morgan fingerprint density at radius 3 is 2.78 bits per heavy atom. The van der Waals surface area contributed by atoms with Gasteiger partial charge in [-0.3, -0.25) is 4.79 Å². The zero-order chi connectivity index (χ0) is 13.1. The van der Waals surface area contributed by atoms with Gasteiger partial charge in [0.1, 0.15) is 0 Å². The third-order valence-corrected chi connectivity index (χ3v) is 3.42. The summed E-state index contributed by atoms with van der Waals surface area (Å²) >= 11 is 4.93. The highest BCUT2D eigenvalue weighted by molar-refractivity contribution is 7.80. The van der Waals surface area contributed by atoms with Gasteiger partial charge in [0.05, 0.1) is 17.2 Å². The Bertz CT molecular complexity index is 452. The Morgan fingerprint density at radius 1 is 1.61 bits per heavy atom. The van der Waals surface area contributed by atoms with Crippen molar-refractivity contribution >= 4 is 23.1 Å². The summed E-state index contributed by atoms with van der Waals surface area (Å²) in [5.74, 6) is 0.128. The first kappa shape index (κ1) is 13.0. The van der Waals surface area contributed by atoms with Gasteiger partial charge in [-0.2, -0.15) is 0 Å². The summed E-state index contributed by atoms with van der Waals surface area (Å²) in [5.41, 5.74) is 6.18. The van der Waals surface area contributed by atoms with Crippen LogP contribution in [-0.2, 0) is 0 Å². The maximum absolute atomic E-state index is 12.4. The molecule has 18 heavy (non-hydrogen) atoms. The van der Waals surface area contributed by atoms with Crippen LogP contribution in [0.5, 0.6) is 0 Å². The van der Waals surface area contributed by atoms with E-state index in [-0.39, 0.29) is 17.7 Å². The number of nitrogens with two attached hydrogens (primary N) is 1. The fraction of sp³-hybridized carbons (Fsp3) is 0.583. The fourth-order valence-corrected chi connectivity index (χ4v) is 2.53. The third-order valence-electron chi connectivity index (χ3n) is 3.29. The maximum atomic E-state index is 12.4. The molecule has 0 spiro atoms. The van der Waals surface area contributed by atoms with Crippen LogP contribution in [0.25, 0.3) is 0 Å². The topological polar surface area (TPSA) is 72.4 Å². The molecule has 0 atom stereocenters. The summed E-state index contributed by atoms with van der Waals surface area (Å²) in [5, 5.41) is 0. The Hall–Kier alpha value is -1.43. The third kappa shape index (κ3) is 2.69. The van der Waals surface area contributed by atoms with Crippen molar-refractivity contribution < 1.29 is 9.21 Å². The SMILES string of the molecule is Cc1ncoc1C(=O)N(CC(N)=S)C1CCCC1. The van der Waals surface area contributed by atoms with Crippen molar-refractivity contribution in [3.63, 3.8) is 0 Å². The van der Waals surface area contributed by atoms with Crippen molar-refractivity contribution in [1.29, 1.82) is 0 Å². The van der Waals surface area contributed by atoms with Gasteiger partial charge in [-0.1, -0.05) is 25.1 Å². The fourth-order valence-electron chi connectivity index (χ4n) is 2.39. The number of rotatable bonds is 4. The first-order chi connectivity index (χ1) is 8.59. The van der Waals surface area contributed by atoms with Gasteiger partial charge in [0.25, 0.3) is 5.91 Å². The molecule has 1 aromatic rings. The zero-order valence-corrected chi connectivity index (χ0v) is 11.2. The molecule has 1 aromatic heterocycles. The number of aromatic nitrogens is 1. The molecule has 1 fully saturated rings. The van der Waals surface area contributed by atoms with Crippen LogP contribution in [0.15, 0.2) is 10.8 Å². The lowest BCUT2D eigenvalue weighted by atomic mass is 10.2. The van der Waals surface area contributed by atoms with Gasteiger partial charge >= 0.3 is 0 Å². The second-order valence-electron chi connectivity index (χ2n) is 4.60. The molecule has 0 aromatic carbocycles. The van der Waals surface area contributed by atoms with Crippen molar-refractivity contribution in [3.8, 4) is 0 Å². The second-order valence-corrected chi connectivity index (χ2v) is 5.13. The first-order valence-corrected chi connectivity index (χ1v) is 6.49. The smallest absolute Gasteiger partial charge is 0.292 e. The molecular weight excluding hydrogens is 250 g/mol.